The Labute approximate surface area is 122 Å². The number of ether oxygens (including phenoxy) is 1. The second-order valence-corrected chi connectivity index (χ2v) is 5.39. The third kappa shape index (κ3) is 3.11. The van der Waals surface area contributed by atoms with Crippen LogP contribution in [0.1, 0.15) is 22.2 Å². The average Bonchev–Trinajstić information content (AvgIpc) is 2.97. The molecule has 106 valence electrons. The molecular formula is C15H18N2O2S. The molecule has 2 N–H and O–H groups in total. The van der Waals surface area contributed by atoms with Gasteiger partial charge in [0, 0.05) is 17.1 Å². The number of anilines is 2. The summed E-state index contributed by atoms with van der Waals surface area (Å²) in [6, 6.07) is 9.45. The normalized spacial score (nSPS) is 10.3. The van der Waals surface area contributed by atoms with E-state index in [9.17, 15) is 4.79 Å². The molecule has 0 fully saturated rings. The minimum absolute atomic E-state index is 0.364. The predicted molar refractivity (Wildman–Crippen MR) is 83.2 cm³/mol. The summed E-state index contributed by atoms with van der Waals surface area (Å²) < 4.78 is 4.84. The van der Waals surface area contributed by atoms with Crippen molar-refractivity contribution in [2.45, 2.75) is 13.5 Å². The van der Waals surface area contributed by atoms with Crippen molar-refractivity contribution >= 4 is 28.7 Å². The molecule has 0 saturated carbocycles. The number of esters is 1. The van der Waals surface area contributed by atoms with Crippen molar-refractivity contribution in [3.63, 3.8) is 0 Å². The number of carbonyl (C=O) groups excluding carboxylic acids is 1. The fourth-order valence-corrected chi connectivity index (χ4v) is 2.78. The van der Waals surface area contributed by atoms with Crippen LogP contribution in [0.2, 0.25) is 0 Å². The summed E-state index contributed by atoms with van der Waals surface area (Å²) in [4.78, 5) is 15.3. The van der Waals surface area contributed by atoms with Crippen molar-refractivity contribution in [1.82, 2.24) is 0 Å². The lowest BCUT2D eigenvalue weighted by Gasteiger charge is -2.24. The van der Waals surface area contributed by atoms with Gasteiger partial charge in [-0.3, -0.25) is 0 Å². The summed E-state index contributed by atoms with van der Waals surface area (Å²) in [6.07, 6.45) is 0. The number of hydrogen-bond acceptors (Lipinski definition) is 5. The Kier molecular flexibility index (Phi) is 4.63. The molecule has 0 atom stereocenters. The maximum absolute atomic E-state index is 11.9. The largest absolute Gasteiger partial charge is 0.465 e. The van der Waals surface area contributed by atoms with Crippen molar-refractivity contribution in [2.75, 3.05) is 24.3 Å². The monoisotopic (exact) mass is 290 g/mol. The van der Waals surface area contributed by atoms with Crippen LogP contribution in [-0.2, 0) is 11.3 Å². The van der Waals surface area contributed by atoms with E-state index in [1.54, 1.807) is 23.5 Å². The molecule has 4 nitrogen and oxygen atoms in total. The molecule has 0 bridgehead atoms. The maximum atomic E-state index is 11.9. The van der Waals surface area contributed by atoms with Gasteiger partial charge in [0.2, 0.25) is 0 Å². The number of methoxy groups -OCH3 is 1. The number of benzene rings is 1. The van der Waals surface area contributed by atoms with Crippen molar-refractivity contribution in [3.8, 4) is 0 Å². The Morgan fingerprint density at radius 1 is 1.40 bits per heavy atom. The molecule has 0 spiro atoms. The van der Waals surface area contributed by atoms with Gasteiger partial charge in [-0.25, -0.2) is 4.79 Å². The molecule has 0 unspecified atom stereocenters. The van der Waals surface area contributed by atoms with Crippen molar-refractivity contribution < 1.29 is 9.53 Å². The van der Waals surface area contributed by atoms with Gasteiger partial charge in [-0.05, 0) is 36.6 Å². The van der Waals surface area contributed by atoms with Gasteiger partial charge in [0.15, 0.2) is 0 Å². The van der Waals surface area contributed by atoms with Crippen LogP contribution in [0.25, 0.3) is 0 Å². The SMILES string of the molecule is CCN(Cc1cccs1)c1ccc(N)cc1C(=O)OC. The van der Waals surface area contributed by atoms with Crippen LogP contribution in [0.3, 0.4) is 0 Å². The zero-order valence-electron chi connectivity index (χ0n) is 11.6. The van der Waals surface area contributed by atoms with Gasteiger partial charge in [0.1, 0.15) is 0 Å². The smallest absolute Gasteiger partial charge is 0.340 e. The number of hydrogen-bond donors (Lipinski definition) is 1. The van der Waals surface area contributed by atoms with E-state index >= 15 is 0 Å². The summed E-state index contributed by atoms with van der Waals surface area (Å²) in [5.74, 6) is -0.364. The number of nitrogens with zero attached hydrogens (tertiary/aromatic N) is 1. The highest BCUT2D eigenvalue weighted by Gasteiger charge is 2.17. The minimum Gasteiger partial charge on any atom is -0.465 e. The lowest BCUT2D eigenvalue weighted by atomic mass is 10.1. The molecule has 0 saturated heterocycles. The molecule has 0 aliphatic carbocycles. The van der Waals surface area contributed by atoms with Gasteiger partial charge in [0.25, 0.3) is 0 Å². The van der Waals surface area contributed by atoms with Gasteiger partial charge >= 0.3 is 5.97 Å². The van der Waals surface area contributed by atoms with E-state index in [0.29, 0.717) is 11.3 Å². The number of nitrogen functional groups attached to an aromatic ring is 1. The van der Waals surface area contributed by atoms with Gasteiger partial charge in [-0.2, -0.15) is 0 Å². The second-order valence-electron chi connectivity index (χ2n) is 4.36. The summed E-state index contributed by atoms with van der Waals surface area (Å²) in [5, 5.41) is 2.05. The van der Waals surface area contributed by atoms with Crippen LogP contribution in [0.15, 0.2) is 35.7 Å². The van der Waals surface area contributed by atoms with Gasteiger partial charge in [-0.1, -0.05) is 6.07 Å². The number of thiophene rings is 1. The first-order chi connectivity index (χ1) is 9.65. The average molecular weight is 290 g/mol. The summed E-state index contributed by atoms with van der Waals surface area (Å²) in [5.41, 5.74) is 7.68. The molecule has 0 radical (unpaired) electrons. The molecule has 5 heteroatoms. The quantitative estimate of drug-likeness (QED) is 0.679. The van der Waals surface area contributed by atoms with Crippen LogP contribution in [0.4, 0.5) is 11.4 Å². The van der Waals surface area contributed by atoms with Crippen LogP contribution >= 0.6 is 11.3 Å². The zero-order chi connectivity index (χ0) is 14.5. The Morgan fingerprint density at radius 3 is 2.80 bits per heavy atom. The summed E-state index contributed by atoms with van der Waals surface area (Å²) >= 11 is 1.70. The molecule has 2 aromatic rings. The van der Waals surface area contributed by atoms with Crippen LogP contribution in [-0.4, -0.2) is 19.6 Å². The van der Waals surface area contributed by atoms with E-state index in [4.69, 9.17) is 10.5 Å². The van der Waals surface area contributed by atoms with E-state index < -0.39 is 0 Å². The topological polar surface area (TPSA) is 55.6 Å². The first-order valence-electron chi connectivity index (χ1n) is 6.41. The van der Waals surface area contributed by atoms with Crippen LogP contribution in [0.5, 0.6) is 0 Å². The molecule has 1 aromatic heterocycles. The third-order valence-electron chi connectivity index (χ3n) is 3.08. The Balaban J connectivity index is 2.35. The molecule has 0 aliphatic heterocycles. The lowest BCUT2D eigenvalue weighted by Crippen LogP contribution is -2.24. The van der Waals surface area contributed by atoms with Gasteiger partial charge in [-0.15, -0.1) is 11.3 Å². The number of carbonyl (C=O) groups is 1. The van der Waals surface area contributed by atoms with E-state index in [1.807, 2.05) is 17.5 Å². The fourth-order valence-electron chi connectivity index (χ4n) is 2.06. The lowest BCUT2D eigenvalue weighted by molar-refractivity contribution is 0.0601. The van der Waals surface area contributed by atoms with Crippen LogP contribution in [0, 0.1) is 0 Å². The molecule has 0 amide bonds. The van der Waals surface area contributed by atoms with Gasteiger partial charge < -0.3 is 15.4 Å². The van der Waals surface area contributed by atoms with E-state index in [-0.39, 0.29) is 5.97 Å². The van der Waals surface area contributed by atoms with Crippen molar-refractivity contribution in [1.29, 1.82) is 0 Å². The van der Waals surface area contributed by atoms with E-state index in [1.165, 1.54) is 12.0 Å². The van der Waals surface area contributed by atoms with Crippen molar-refractivity contribution in [2.24, 2.45) is 0 Å². The minimum atomic E-state index is -0.364. The third-order valence-corrected chi connectivity index (χ3v) is 3.94. The maximum Gasteiger partial charge on any atom is 0.340 e. The molecular weight excluding hydrogens is 272 g/mol. The zero-order valence-corrected chi connectivity index (χ0v) is 12.4. The van der Waals surface area contributed by atoms with E-state index in [0.717, 1.165) is 18.8 Å². The standard InChI is InChI=1S/C15H18N2O2S/c1-3-17(10-12-5-4-8-20-12)14-7-6-11(16)9-13(14)15(18)19-2/h4-9H,3,10,16H2,1-2H3. The second kappa shape index (κ2) is 6.43. The number of nitrogens with two attached hydrogens (primary N) is 1. The van der Waals surface area contributed by atoms with Crippen LogP contribution < -0.4 is 10.6 Å². The predicted octanol–water partition coefficient (Wildman–Crippen LogP) is 3.14. The first-order valence-corrected chi connectivity index (χ1v) is 7.28. The Bertz CT molecular complexity index is 582. The Morgan fingerprint density at radius 2 is 2.20 bits per heavy atom. The molecule has 0 aliphatic rings. The molecule has 1 heterocycles. The van der Waals surface area contributed by atoms with Crippen molar-refractivity contribution in [3.05, 3.63) is 46.2 Å². The highest BCUT2D eigenvalue weighted by Crippen LogP contribution is 2.26. The molecule has 1 aromatic carbocycles. The molecule has 2 rings (SSSR count). The highest BCUT2D eigenvalue weighted by molar-refractivity contribution is 7.09. The first kappa shape index (κ1) is 14.4. The van der Waals surface area contributed by atoms with Gasteiger partial charge in [0.05, 0.1) is 24.9 Å². The van der Waals surface area contributed by atoms with E-state index in [2.05, 4.69) is 17.9 Å². The Hall–Kier alpha value is -2.01. The number of rotatable bonds is 5. The molecule has 20 heavy (non-hydrogen) atoms. The highest BCUT2D eigenvalue weighted by atomic mass is 32.1. The summed E-state index contributed by atoms with van der Waals surface area (Å²) in [7, 11) is 1.38. The fraction of sp³-hybridized carbons (Fsp3) is 0.267. The summed E-state index contributed by atoms with van der Waals surface area (Å²) in [6.45, 7) is 3.62.